The third-order valence-corrected chi connectivity index (χ3v) is 9.92. The van der Waals surface area contributed by atoms with Crippen LogP contribution in [0.1, 0.15) is 49.9 Å². The third kappa shape index (κ3) is 4.77. The fraction of sp³-hybridized carbons (Fsp3) is 0.186. The molecule has 0 fully saturated rings. The number of anilines is 3. The molecule has 48 heavy (non-hydrogen) atoms. The Kier molecular flexibility index (Phi) is 7.11. The number of hydrogen-bond acceptors (Lipinski definition) is 4. The number of nitrogens with zero attached hydrogens (tertiary/aromatic N) is 4. The standard InChI is InChI=1S/C43H40N4O/c1-28(2)46-38-19-9-10-20-39(38)47(48-46)34-16-12-15-32(26-34)43(5,6)33-21-22-36-35-17-7-8-18-37(35)45(40(36)27-33)41-25-31(23-24-44-41)42-29(3)13-11-14-30(42)4/h7-28H,1-6H3. The summed E-state index contributed by atoms with van der Waals surface area (Å²) >= 11 is 0. The zero-order valence-electron chi connectivity index (χ0n) is 28.4. The van der Waals surface area contributed by atoms with Gasteiger partial charge in [0.2, 0.25) is 0 Å². The first-order valence-electron chi connectivity index (χ1n) is 16.8. The summed E-state index contributed by atoms with van der Waals surface area (Å²) in [6.45, 7) is 13.3. The summed E-state index contributed by atoms with van der Waals surface area (Å²) in [6.07, 6.45) is 1.94. The molecule has 3 heterocycles. The SMILES string of the molecule is Cc1cccc(C)c1-c1ccnc(-n2c3ccccc3c3ccc(C(C)(C)c4cccc(N5ON(C(C)C)c6ccccc65)c4)cc32)c1. The van der Waals surface area contributed by atoms with Crippen molar-refractivity contribution in [2.24, 2.45) is 0 Å². The molecule has 5 aromatic carbocycles. The molecular weight excluding hydrogens is 589 g/mol. The van der Waals surface area contributed by atoms with Gasteiger partial charge in [0.05, 0.1) is 34.1 Å². The molecule has 5 heteroatoms. The van der Waals surface area contributed by atoms with E-state index >= 15 is 0 Å². The summed E-state index contributed by atoms with van der Waals surface area (Å²) < 4.78 is 2.33. The van der Waals surface area contributed by atoms with Crippen LogP contribution >= 0.6 is 0 Å². The maximum Gasteiger partial charge on any atom is 0.138 e. The first kappa shape index (κ1) is 30.0. The van der Waals surface area contributed by atoms with Crippen molar-refractivity contribution in [3.8, 4) is 16.9 Å². The van der Waals surface area contributed by atoms with Gasteiger partial charge in [-0.15, -0.1) is 4.94 Å². The summed E-state index contributed by atoms with van der Waals surface area (Å²) in [6, 6.07) is 43.7. The Hall–Kier alpha value is -5.39. The molecule has 0 bridgehead atoms. The van der Waals surface area contributed by atoms with Crippen LogP contribution in [0.2, 0.25) is 0 Å². The number of pyridine rings is 1. The highest BCUT2D eigenvalue weighted by molar-refractivity contribution is 6.09. The first-order chi connectivity index (χ1) is 23.2. The second-order valence-electron chi connectivity index (χ2n) is 13.7. The molecular formula is C43H40N4O. The largest absolute Gasteiger partial charge is 0.294 e. The summed E-state index contributed by atoms with van der Waals surface area (Å²) in [5.74, 6) is 0.915. The number of aryl methyl sites for hydroxylation is 2. The van der Waals surface area contributed by atoms with Gasteiger partial charge in [-0.1, -0.05) is 86.6 Å². The van der Waals surface area contributed by atoms with Gasteiger partial charge < -0.3 is 0 Å². The van der Waals surface area contributed by atoms with Gasteiger partial charge in [0.15, 0.2) is 0 Å². The van der Waals surface area contributed by atoms with E-state index in [0.717, 1.165) is 33.9 Å². The van der Waals surface area contributed by atoms with Gasteiger partial charge in [0.25, 0.3) is 0 Å². The number of aromatic nitrogens is 2. The van der Waals surface area contributed by atoms with Crippen LogP contribution in [0.4, 0.5) is 17.1 Å². The van der Waals surface area contributed by atoms with Crippen LogP contribution < -0.4 is 10.1 Å². The minimum Gasteiger partial charge on any atom is -0.294 e. The van der Waals surface area contributed by atoms with Crippen molar-refractivity contribution in [2.45, 2.75) is 53.0 Å². The quantitative estimate of drug-likeness (QED) is 0.183. The molecule has 0 unspecified atom stereocenters. The molecule has 0 spiro atoms. The molecule has 0 radical (unpaired) electrons. The van der Waals surface area contributed by atoms with Crippen LogP contribution in [0.5, 0.6) is 0 Å². The maximum atomic E-state index is 6.42. The molecule has 0 N–H and O–H groups in total. The Morgan fingerprint density at radius 2 is 1.33 bits per heavy atom. The molecule has 0 saturated heterocycles. The number of hydrogen-bond donors (Lipinski definition) is 0. The van der Waals surface area contributed by atoms with Crippen molar-refractivity contribution in [1.29, 1.82) is 0 Å². The van der Waals surface area contributed by atoms with Crippen LogP contribution in [0.3, 0.4) is 0 Å². The van der Waals surface area contributed by atoms with E-state index in [1.807, 2.05) is 16.3 Å². The molecule has 0 saturated carbocycles. The van der Waals surface area contributed by atoms with Crippen LogP contribution in [-0.4, -0.2) is 15.6 Å². The Bertz CT molecular complexity index is 2310. The van der Waals surface area contributed by atoms with E-state index in [-0.39, 0.29) is 11.5 Å². The molecule has 2 aromatic heterocycles. The maximum absolute atomic E-state index is 6.42. The van der Waals surface area contributed by atoms with Gasteiger partial charge in [-0.3, -0.25) is 4.57 Å². The van der Waals surface area contributed by atoms with Gasteiger partial charge in [0.1, 0.15) is 5.82 Å². The topological polar surface area (TPSA) is 33.5 Å². The lowest BCUT2D eigenvalue weighted by atomic mass is 9.77. The van der Waals surface area contributed by atoms with E-state index in [4.69, 9.17) is 9.92 Å². The molecule has 238 valence electrons. The van der Waals surface area contributed by atoms with Gasteiger partial charge in [0, 0.05) is 22.4 Å². The van der Waals surface area contributed by atoms with E-state index in [0.29, 0.717) is 0 Å². The van der Waals surface area contributed by atoms with Crippen molar-refractivity contribution in [3.05, 3.63) is 150 Å². The highest BCUT2D eigenvalue weighted by Crippen LogP contribution is 2.44. The first-order valence-corrected chi connectivity index (χ1v) is 16.8. The van der Waals surface area contributed by atoms with E-state index in [9.17, 15) is 0 Å². The van der Waals surface area contributed by atoms with E-state index < -0.39 is 0 Å². The minimum absolute atomic E-state index is 0.199. The zero-order valence-corrected chi connectivity index (χ0v) is 28.4. The molecule has 0 atom stereocenters. The summed E-state index contributed by atoms with van der Waals surface area (Å²) in [4.78, 5) is 11.4. The van der Waals surface area contributed by atoms with Crippen LogP contribution in [0, 0.1) is 13.8 Å². The summed E-state index contributed by atoms with van der Waals surface area (Å²) in [7, 11) is 0. The average Bonchev–Trinajstić information content (AvgIpc) is 3.65. The van der Waals surface area contributed by atoms with E-state index in [1.165, 1.54) is 44.2 Å². The number of benzene rings is 5. The predicted octanol–water partition coefficient (Wildman–Crippen LogP) is 11.0. The van der Waals surface area contributed by atoms with Crippen LogP contribution in [-0.2, 0) is 10.4 Å². The Morgan fingerprint density at radius 1 is 0.646 bits per heavy atom. The van der Waals surface area contributed by atoms with E-state index in [2.05, 4.69) is 167 Å². The fourth-order valence-electron chi connectivity index (χ4n) is 7.32. The number of rotatable bonds is 6. The van der Waals surface area contributed by atoms with Crippen molar-refractivity contribution in [1.82, 2.24) is 9.55 Å². The minimum atomic E-state index is -0.296. The lowest BCUT2D eigenvalue weighted by Gasteiger charge is -2.28. The van der Waals surface area contributed by atoms with E-state index in [1.54, 1.807) is 0 Å². The van der Waals surface area contributed by atoms with Gasteiger partial charge in [-0.25, -0.2) is 10.0 Å². The lowest BCUT2D eigenvalue weighted by molar-refractivity contribution is 0.112. The zero-order chi connectivity index (χ0) is 33.2. The third-order valence-electron chi connectivity index (χ3n) is 9.92. The Morgan fingerprint density at radius 3 is 2.12 bits per heavy atom. The Labute approximate surface area is 282 Å². The highest BCUT2D eigenvalue weighted by Gasteiger charge is 2.32. The predicted molar refractivity (Wildman–Crippen MR) is 199 cm³/mol. The summed E-state index contributed by atoms with van der Waals surface area (Å²) in [5, 5.41) is 6.36. The van der Waals surface area contributed by atoms with Gasteiger partial charge >= 0.3 is 0 Å². The monoisotopic (exact) mass is 628 g/mol. The molecule has 0 amide bonds. The second-order valence-corrected chi connectivity index (χ2v) is 13.7. The second kappa shape index (κ2) is 11.4. The number of hydroxylamine groups is 1. The van der Waals surface area contributed by atoms with Crippen molar-refractivity contribution < 1.29 is 4.94 Å². The Balaban J connectivity index is 1.24. The fourth-order valence-corrected chi connectivity index (χ4v) is 7.32. The van der Waals surface area contributed by atoms with Crippen molar-refractivity contribution >= 4 is 38.9 Å². The number of fused-ring (bicyclic) bond motifs is 4. The molecule has 1 aliphatic rings. The van der Waals surface area contributed by atoms with Gasteiger partial charge in [-0.05, 0) is 110 Å². The molecule has 8 rings (SSSR count). The molecule has 7 aromatic rings. The van der Waals surface area contributed by atoms with Gasteiger partial charge in [-0.2, -0.15) is 5.06 Å². The normalized spacial score (nSPS) is 13.2. The molecule has 1 aliphatic heterocycles. The highest BCUT2D eigenvalue weighted by atomic mass is 16.8. The average molecular weight is 629 g/mol. The molecule has 5 nitrogen and oxygen atoms in total. The van der Waals surface area contributed by atoms with Crippen LogP contribution in [0.15, 0.2) is 128 Å². The summed E-state index contributed by atoms with van der Waals surface area (Å²) in [5.41, 5.74) is 12.5. The van der Waals surface area contributed by atoms with Crippen LogP contribution in [0.25, 0.3) is 38.8 Å². The van der Waals surface area contributed by atoms with Crippen molar-refractivity contribution in [2.75, 3.05) is 10.1 Å². The smallest absolute Gasteiger partial charge is 0.138 e. The number of para-hydroxylation sites is 3. The lowest BCUT2D eigenvalue weighted by Crippen LogP contribution is -2.31. The van der Waals surface area contributed by atoms with Crippen molar-refractivity contribution in [3.63, 3.8) is 0 Å². The molecule has 0 aliphatic carbocycles.